The highest BCUT2D eigenvalue weighted by Crippen LogP contribution is 2.56. The summed E-state index contributed by atoms with van der Waals surface area (Å²) in [6.07, 6.45) is 9.51. The first-order valence-electron chi connectivity index (χ1n) is 23.6. The average molecular weight is 883 g/mol. The number of likely N-dealkylation sites (tertiary alicyclic amines) is 2. The van der Waals surface area contributed by atoms with Crippen LogP contribution in [0.25, 0.3) is 44.5 Å². The number of ether oxygens (including phenoxy) is 2. The summed E-state index contributed by atoms with van der Waals surface area (Å²) in [5.41, 5.74) is 11.5. The van der Waals surface area contributed by atoms with Gasteiger partial charge < -0.3 is 39.9 Å². The minimum Gasteiger partial charge on any atom is -0.453 e. The van der Waals surface area contributed by atoms with Gasteiger partial charge in [0.25, 0.3) is 0 Å². The number of H-pyrrole nitrogens is 2. The summed E-state index contributed by atoms with van der Waals surface area (Å²) in [4.78, 5) is 72.8. The van der Waals surface area contributed by atoms with Crippen molar-refractivity contribution in [1.29, 1.82) is 0 Å². The van der Waals surface area contributed by atoms with E-state index in [9.17, 15) is 19.2 Å². The number of nitrogens with zero attached hydrogens (tertiary/aromatic N) is 4. The summed E-state index contributed by atoms with van der Waals surface area (Å²) < 4.78 is 9.66. The van der Waals surface area contributed by atoms with Gasteiger partial charge in [0.2, 0.25) is 11.8 Å². The van der Waals surface area contributed by atoms with E-state index in [0.29, 0.717) is 24.9 Å². The molecule has 2 unspecified atom stereocenters. The van der Waals surface area contributed by atoms with Crippen LogP contribution in [-0.2, 0) is 25.5 Å². The van der Waals surface area contributed by atoms with Gasteiger partial charge in [0, 0.05) is 13.1 Å². The number of benzene rings is 3. The number of alkyl carbamates (subject to hydrolysis) is 2. The molecule has 9 rings (SSSR count). The first kappa shape index (κ1) is 44.0. The van der Waals surface area contributed by atoms with Crippen molar-refractivity contribution in [2.24, 2.45) is 17.8 Å². The van der Waals surface area contributed by atoms with Crippen LogP contribution in [0.5, 0.6) is 0 Å². The molecule has 0 spiro atoms. The van der Waals surface area contributed by atoms with Crippen LogP contribution in [0.4, 0.5) is 9.59 Å². The summed E-state index contributed by atoms with van der Waals surface area (Å²) in [6.45, 7) is 8.91. The zero-order valence-electron chi connectivity index (χ0n) is 38.4. The number of amides is 4. The molecule has 65 heavy (non-hydrogen) atoms. The van der Waals surface area contributed by atoms with E-state index >= 15 is 0 Å². The molecule has 2 aromatic heterocycles. The maximum Gasteiger partial charge on any atom is 0.407 e. The monoisotopic (exact) mass is 882 g/mol. The molecule has 14 nitrogen and oxygen atoms in total. The third-order valence-corrected chi connectivity index (χ3v) is 14.5. The zero-order valence-corrected chi connectivity index (χ0v) is 38.4. The smallest absolute Gasteiger partial charge is 0.407 e. The SMILES string of the molecule is COC(=O)N[C@H](C(=O)N1CCCC[C@H]1c1ncc(-c2ccc(-c3ccc(-c4ccc5nc([C@@H]6CCCCN6C(=O)[C@@H](NC(=O)OC)C(C)C)[nH]c5c4)c4c3C3CCC3C4)cc2)[nH]1)C(C)C. The second kappa shape index (κ2) is 18.4. The fourth-order valence-electron chi connectivity index (χ4n) is 10.8. The van der Waals surface area contributed by atoms with Crippen LogP contribution >= 0.6 is 0 Å². The maximum atomic E-state index is 13.9. The predicted molar refractivity (Wildman–Crippen MR) is 249 cm³/mol. The number of rotatable bonds is 11. The Morgan fingerprint density at radius 3 is 1.85 bits per heavy atom. The number of piperidine rings is 2. The molecule has 2 saturated heterocycles. The summed E-state index contributed by atoms with van der Waals surface area (Å²) in [5.74, 6) is 2.29. The zero-order chi connectivity index (χ0) is 45.5. The number of hydrogen-bond donors (Lipinski definition) is 4. The van der Waals surface area contributed by atoms with Crippen LogP contribution in [0.2, 0.25) is 0 Å². The predicted octanol–water partition coefficient (Wildman–Crippen LogP) is 9.21. The first-order chi connectivity index (χ1) is 31.4. The van der Waals surface area contributed by atoms with Crippen LogP contribution in [-0.4, -0.2) is 93.1 Å². The Labute approximate surface area is 380 Å². The van der Waals surface area contributed by atoms with Crippen molar-refractivity contribution in [2.75, 3.05) is 27.3 Å². The number of nitrogens with one attached hydrogen (secondary N) is 4. The van der Waals surface area contributed by atoms with E-state index in [1.54, 1.807) is 0 Å². The molecule has 4 aliphatic rings. The van der Waals surface area contributed by atoms with Crippen LogP contribution in [0.15, 0.2) is 60.8 Å². The second-order valence-electron chi connectivity index (χ2n) is 19.1. The highest BCUT2D eigenvalue weighted by atomic mass is 16.5. The van der Waals surface area contributed by atoms with Crippen molar-refractivity contribution in [3.63, 3.8) is 0 Å². The average Bonchev–Trinajstić information content (AvgIpc) is 4.05. The molecule has 6 atom stereocenters. The summed E-state index contributed by atoms with van der Waals surface area (Å²) in [5, 5.41) is 5.50. The van der Waals surface area contributed by atoms with E-state index in [-0.39, 0.29) is 35.7 Å². The third-order valence-electron chi connectivity index (χ3n) is 14.5. The van der Waals surface area contributed by atoms with Crippen LogP contribution in [0, 0.1) is 17.8 Å². The molecule has 14 heteroatoms. The van der Waals surface area contributed by atoms with Crippen molar-refractivity contribution in [1.82, 2.24) is 40.4 Å². The van der Waals surface area contributed by atoms with E-state index < -0.39 is 24.3 Å². The Morgan fingerprint density at radius 1 is 0.677 bits per heavy atom. The van der Waals surface area contributed by atoms with Gasteiger partial charge >= 0.3 is 12.2 Å². The molecule has 3 aromatic carbocycles. The third kappa shape index (κ3) is 8.47. The molecule has 2 aliphatic carbocycles. The Kier molecular flexibility index (Phi) is 12.4. The number of methoxy groups -OCH3 is 2. The van der Waals surface area contributed by atoms with Crippen molar-refractivity contribution >= 4 is 35.0 Å². The van der Waals surface area contributed by atoms with Gasteiger partial charge in [0.05, 0.1) is 49.2 Å². The molecule has 5 aromatic rings. The van der Waals surface area contributed by atoms with E-state index in [1.807, 2.05) is 43.7 Å². The van der Waals surface area contributed by atoms with E-state index in [4.69, 9.17) is 19.4 Å². The fraction of sp³-hybridized carbons (Fsp3) is 0.490. The van der Waals surface area contributed by atoms with Gasteiger partial charge in [-0.2, -0.15) is 0 Å². The number of aromatic amines is 2. The molecule has 4 N–H and O–H groups in total. The lowest BCUT2D eigenvalue weighted by atomic mass is 9.73. The van der Waals surface area contributed by atoms with Crippen LogP contribution in [0.1, 0.15) is 120 Å². The van der Waals surface area contributed by atoms with Gasteiger partial charge in [0.1, 0.15) is 23.7 Å². The molecule has 0 radical (unpaired) electrons. The van der Waals surface area contributed by atoms with E-state index in [0.717, 1.165) is 84.4 Å². The number of aromatic nitrogens is 4. The Hall–Kier alpha value is -6.18. The van der Waals surface area contributed by atoms with E-state index in [2.05, 4.69) is 75.2 Å². The minimum absolute atomic E-state index is 0.106. The van der Waals surface area contributed by atoms with Gasteiger partial charge in [-0.3, -0.25) is 9.59 Å². The van der Waals surface area contributed by atoms with Gasteiger partial charge in [0.15, 0.2) is 0 Å². The van der Waals surface area contributed by atoms with Crippen LogP contribution in [0.3, 0.4) is 0 Å². The van der Waals surface area contributed by atoms with E-state index in [1.165, 1.54) is 54.9 Å². The van der Waals surface area contributed by atoms with Crippen molar-refractivity contribution in [2.45, 2.75) is 116 Å². The molecular formula is C51H62N8O6. The summed E-state index contributed by atoms with van der Waals surface area (Å²) in [7, 11) is 2.62. The lowest BCUT2D eigenvalue weighted by Gasteiger charge is -2.37. The Bertz CT molecular complexity index is 2580. The van der Waals surface area contributed by atoms with Crippen LogP contribution < -0.4 is 10.6 Å². The molecule has 3 fully saturated rings. The van der Waals surface area contributed by atoms with Crippen molar-refractivity contribution < 1.29 is 28.7 Å². The second-order valence-corrected chi connectivity index (χ2v) is 19.1. The number of carbonyl (C=O) groups excluding carboxylic acids is 4. The molecule has 1 saturated carbocycles. The van der Waals surface area contributed by atoms with Crippen molar-refractivity contribution in [3.8, 4) is 33.5 Å². The number of fused-ring (bicyclic) bond motifs is 4. The van der Waals surface area contributed by atoms with Crippen molar-refractivity contribution in [3.05, 3.63) is 83.6 Å². The van der Waals surface area contributed by atoms with Gasteiger partial charge in [-0.25, -0.2) is 19.6 Å². The highest BCUT2D eigenvalue weighted by Gasteiger charge is 2.42. The van der Waals surface area contributed by atoms with Gasteiger partial charge in [-0.1, -0.05) is 70.2 Å². The number of carbonyl (C=O) groups is 4. The number of hydrogen-bond acceptors (Lipinski definition) is 8. The standard InChI is InChI=1S/C51H62N8O6/c1-28(2)44(56-50(62)64-5)48(60)58-23-9-7-11-41(58)46-52-27-40(55-46)31-15-13-30(14-16-31)35-21-20-34(37-25-32-17-19-36(32)43(35)37)33-18-22-38-39(26-33)54-47(53-38)42-12-8-10-24-59(42)49(61)45(29(3)4)57-51(63)65-6/h13-16,18,20-22,26-29,32,36,41-42,44-45H,7-12,17,19,23-25H2,1-6H3,(H,52,55)(H,53,54)(H,56,62)(H,57,63)/t32?,36?,41-,42-,44-,45-/m0/s1. The molecule has 342 valence electrons. The largest absolute Gasteiger partial charge is 0.453 e. The molecule has 4 amide bonds. The fourth-order valence-corrected chi connectivity index (χ4v) is 10.8. The molecular weight excluding hydrogens is 821 g/mol. The summed E-state index contributed by atoms with van der Waals surface area (Å²) in [6, 6.07) is 18.0. The maximum absolute atomic E-state index is 13.9. The van der Waals surface area contributed by atoms with Gasteiger partial charge in [-0.05, 0) is 133 Å². The number of imidazole rings is 2. The minimum atomic E-state index is -0.692. The first-order valence-corrected chi connectivity index (χ1v) is 23.6. The molecule has 0 bridgehead atoms. The van der Waals surface area contributed by atoms with Gasteiger partial charge in [-0.15, -0.1) is 0 Å². The highest BCUT2D eigenvalue weighted by molar-refractivity contribution is 5.88. The summed E-state index contributed by atoms with van der Waals surface area (Å²) >= 11 is 0. The molecule has 4 heterocycles. The molecule has 2 aliphatic heterocycles. The lowest BCUT2D eigenvalue weighted by molar-refractivity contribution is -0.139. The Morgan fingerprint density at radius 2 is 1.26 bits per heavy atom. The lowest BCUT2D eigenvalue weighted by Crippen LogP contribution is -2.53. The normalized spacial score (nSPS) is 21.4. The Balaban J connectivity index is 0.956. The quantitative estimate of drug-likeness (QED) is 0.102. The topological polar surface area (TPSA) is 175 Å².